The molecule has 21 heavy (non-hydrogen) atoms. The Morgan fingerprint density at radius 2 is 1.57 bits per heavy atom. The molecule has 0 N–H and O–H groups in total. The van der Waals surface area contributed by atoms with Gasteiger partial charge in [0.25, 0.3) is 0 Å². The Labute approximate surface area is 133 Å². The third-order valence-electron chi connectivity index (χ3n) is 5.69. The van der Waals surface area contributed by atoms with Crippen LogP contribution >= 0.6 is 11.6 Å². The lowest BCUT2D eigenvalue weighted by atomic mass is 9.80. The van der Waals surface area contributed by atoms with Crippen molar-refractivity contribution in [1.29, 1.82) is 0 Å². The molecule has 2 heteroatoms. The van der Waals surface area contributed by atoms with Gasteiger partial charge in [0, 0.05) is 5.02 Å². The van der Waals surface area contributed by atoms with Crippen molar-refractivity contribution >= 4 is 11.6 Å². The van der Waals surface area contributed by atoms with Crippen LogP contribution in [0.2, 0.25) is 5.02 Å². The molecule has 116 valence electrons. The topological polar surface area (TPSA) is 0 Å². The average Bonchev–Trinajstić information content (AvgIpc) is 2.87. The smallest absolute Gasteiger partial charge is 0.124 e. The minimum atomic E-state index is -0.224. The number of benzene rings is 1. The molecule has 0 amide bonds. The Balaban J connectivity index is 1.64. The van der Waals surface area contributed by atoms with Crippen molar-refractivity contribution < 1.29 is 4.39 Å². The lowest BCUT2D eigenvalue weighted by molar-refractivity contribution is 0.267. The first-order valence-electron chi connectivity index (χ1n) is 8.69. The molecular formula is C19H26ClF. The number of hydrogen-bond acceptors (Lipinski definition) is 0. The van der Waals surface area contributed by atoms with Crippen LogP contribution in [0.4, 0.5) is 4.39 Å². The monoisotopic (exact) mass is 308 g/mol. The lowest BCUT2D eigenvalue weighted by Crippen LogP contribution is -2.14. The largest absolute Gasteiger partial charge is 0.207 e. The highest BCUT2D eigenvalue weighted by atomic mass is 35.5. The van der Waals surface area contributed by atoms with Crippen LogP contribution in [0.1, 0.15) is 75.7 Å². The number of hydrogen-bond donors (Lipinski definition) is 0. The molecule has 2 fully saturated rings. The van der Waals surface area contributed by atoms with Crippen molar-refractivity contribution in [2.24, 2.45) is 11.8 Å². The van der Waals surface area contributed by atoms with Crippen LogP contribution in [0.5, 0.6) is 0 Å². The maximum atomic E-state index is 13.2. The molecule has 2 unspecified atom stereocenters. The molecule has 0 bridgehead atoms. The lowest BCUT2D eigenvalue weighted by Gasteiger charge is -2.26. The maximum Gasteiger partial charge on any atom is 0.124 e. The minimum absolute atomic E-state index is 0.224. The van der Waals surface area contributed by atoms with E-state index in [0.717, 1.165) is 11.8 Å². The average molecular weight is 309 g/mol. The Hall–Kier alpha value is -0.560. The van der Waals surface area contributed by atoms with Crippen molar-refractivity contribution in [2.75, 3.05) is 0 Å². The summed E-state index contributed by atoms with van der Waals surface area (Å²) < 4.78 is 13.2. The van der Waals surface area contributed by atoms with Gasteiger partial charge in [-0.2, -0.15) is 0 Å². The first-order valence-corrected chi connectivity index (χ1v) is 9.07. The van der Waals surface area contributed by atoms with Crippen LogP contribution in [0.3, 0.4) is 0 Å². The van der Waals surface area contributed by atoms with Gasteiger partial charge in [0.05, 0.1) is 0 Å². The van der Waals surface area contributed by atoms with E-state index in [1.165, 1.54) is 75.8 Å². The van der Waals surface area contributed by atoms with Crippen LogP contribution in [-0.2, 0) is 0 Å². The third kappa shape index (κ3) is 3.80. The minimum Gasteiger partial charge on any atom is -0.207 e. The van der Waals surface area contributed by atoms with Gasteiger partial charge in [-0.1, -0.05) is 62.6 Å². The molecule has 0 radical (unpaired) electrons. The van der Waals surface area contributed by atoms with Gasteiger partial charge in [-0.3, -0.25) is 0 Å². The first kappa shape index (κ1) is 15.3. The zero-order valence-electron chi connectivity index (χ0n) is 12.8. The second-order valence-electron chi connectivity index (χ2n) is 7.04. The summed E-state index contributed by atoms with van der Waals surface area (Å²) in [5, 5.41) is 0.623. The summed E-state index contributed by atoms with van der Waals surface area (Å²) in [4.78, 5) is 0. The summed E-state index contributed by atoms with van der Waals surface area (Å²) >= 11 is 6.25. The van der Waals surface area contributed by atoms with Crippen molar-refractivity contribution in [1.82, 2.24) is 0 Å². The van der Waals surface area contributed by atoms with Gasteiger partial charge in [0.1, 0.15) is 5.82 Å². The van der Waals surface area contributed by atoms with Crippen LogP contribution < -0.4 is 0 Å². The van der Waals surface area contributed by atoms with E-state index in [2.05, 4.69) is 0 Å². The summed E-state index contributed by atoms with van der Waals surface area (Å²) in [5.41, 5.74) is 1.17. The fourth-order valence-electron chi connectivity index (χ4n) is 4.52. The molecule has 0 aromatic heterocycles. The molecule has 2 aliphatic rings. The Kier molecular flexibility index (Phi) is 5.21. The highest BCUT2D eigenvalue weighted by molar-refractivity contribution is 6.31. The fraction of sp³-hybridized carbons (Fsp3) is 0.684. The summed E-state index contributed by atoms with van der Waals surface area (Å²) in [5.74, 6) is 2.12. The van der Waals surface area contributed by atoms with Gasteiger partial charge in [0.15, 0.2) is 0 Å². The van der Waals surface area contributed by atoms with Crippen LogP contribution in [0, 0.1) is 17.7 Å². The van der Waals surface area contributed by atoms with E-state index in [-0.39, 0.29) is 5.82 Å². The van der Waals surface area contributed by atoms with Gasteiger partial charge in [0.2, 0.25) is 0 Å². The zero-order chi connectivity index (χ0) is 14.7. The first-order chi connectivity index (χ1) is 10.2. The van der Waals surface area contributed by atoms with Gasteiger partial charge in [-0.05, 0) is 54.7 Å². The van der Waals surface area contributed by atoms with Crippen molar-refractivity contribution in [3.63, 3.8) is 0 Å². The molecule has 0 heterocycles. The standard InChI is InChI=1S/C19H26ClF/c20-19-13-17(21)10-11-18(19)16-9-8-15(12-16)14-6-4-2-1-3-5-7-14/h10-11,13-16H,1-9,12H2. The van der Waals surface area contributed by atoms with Crippen LogP contribution in [0.15, 0.2) is 18.2 Å². The predicted molar refractivity (Wildman–Crippen MR) is 87.3 cm³/mol. The van der Waals surface area contributed by atoms with E-state index in [9.17, 15) is 4.39 Å². The molecule has 2 atom stereocenters. The third-order valence-corrected chi connectivity index (χ3v) is 6.02. The summed E-state index contributed by atoms with van der Waals surface area (Å²) in [6.45, 7) is 0. The number of rotatable bonds is 2. The Morgan fingerprint density at radius 1 is 0.857 bits per heavy atom. The molecule has 0 spiro atoms. The van der Waals surface area contributed by atoms with Crippen LogP contribution in [-0.4, -0.2) is 0 Å². The highest BCUT2D eigenvalue weighted by Gasteiger charge is 2.32. The van der Waals surface area contributed by atoms with Crippen molar-refractivity contribution in [3.05, 3.63) is 34.6 Å². The van der Waals surface area contributed by atoms with E-state index in [1.807, 2.05) is 6.07 Å². The van der Waals surface area contributed by atoms with Crippen molar-refractivity contribution in [2.45, 2.75) is 70.1 Å². The molecule has 1 aromatic carbocycles. The Bertz CT molecular complexity index is 463. The fourth-order valence-corrected chi connectivity index (χ4v) is 4.84. The summed E-state index contributed by atoms with van der Waals surface area (Å²) in [6, 6.07) is 4.94. The summed E-state index contributed by atoms with van der Waals surface area (Å²) in [6.07, 6.45) is 13.8. The second-order valence-corrected chi connectivity index (χ2v) is 7.45. The van der Waals surface area contributed by atoms with Crippen LogP contribution in [0.25, 0.3) is 0 Å². The normalized spacial score (nSPS) is 28.3. The van der Waals surface area contributed by atoms with E-state index in [1.54, 1.807) is 6.07 Å². The van der Waals surface area contributed by atoms with Gasteiger partial charge < -0.3 is 0 Å². The number of halogens is 2. The van der Waals surface area contributed by atoms with Gasteiger partial charge >= 0.3 is 0 Å². The molecule has 0 nitrogen and oxygen atoms in total. The molecular weight excluding hydrogens is 283 g/mol. The van der Waals surface area contributed by atoms with E-state index in [4.69, 9.17) is 11.6 Å². The summed E-state index contributed by atoms with van der Waals surface area (Å²) in [7, 11) is 0. The van der Waals surface area contributed by atoms with E-state index < -0.39 is 0 Å². The SMILES string of the molecule is Fc1ccc(C2CCC(C3CCCCCCC3)C2)c(Cl)c1. The molecule has 0 saturated heterocycles. The highest BCUT2D eigenvalue weighted by Crippen LogP contribution is 2.46. The quantitative estimate of drug-likeness (QED) is 0.568. The Morgan fingerprint density at radius 3 is 2.29 bits per heavy atom. The van der Waals surface area contributed by atoms with Gasteiger partial charge in [-0.15, -0.1) is 0 Å². The molecule has 1 aromatic rings. The van der Waals surface area contributed by atoms with Gasteiger partial charge in [-0.25, -0.2) is 4.39 Å². The van der Waals surface area contributed by atoms with E-state index in [0.29, 0.717) is 10.9 Å². The molecule has 2 aliphatic carbocycles. The predicted octanol–water partition coefficient (Wildman–Crippen LogP) is 6.72. The molecule has 3 rings (SSSR count). The van der Waals surface area contributed by atoms with E-state index >= 15 is 0 Å². The van der Waals surface area contributed by atoms with Crippen molar-refractivity contribution in [3.8, 4) is 0 Å². The zero-order valence-corrected chi connectivity index (χ0v) is 13.5. The maximum absolute atomic E-state index is 13.2. The molecule has 0 aliphatic heterocycles. The molecule has 2 saturated carbocycles. The second kappa shape index (κ2) is 7.13.